The van der Waals surface area contributed by atoms with Gasteiger partial charge in [-0.25, -0.2) is 4.79 Å². The number of aryl methyl sites for hydroxylation is 1. The van der Waals surface area contributed by atoms with Crippen LogP contribution >= 0.6 is 0 Å². The molecule has 0 heterocycles. The lowest BCUT2D eigenvalue weighted by Crippen LogP contribution is -2.46. The molecule has 0 aliphatic heterocycles. The van der Waals surface area contributed by atoms with Gasteiger partial charge in [0.15, 0.2) is 0 Å². The third-order valence-corrected chi connectivity index (χ3v) is 4.49. The molecule has 0 aliphatic rings. The second-order valence-corrected chi connectivity index (χ2v) is 8.34. The average Bonchev–Trinajstić information content (AvgIpc) is 2.72. The van der Waals surface area contributed by atoms with Crippen molar-refractivity contribution in [2.45, 2.75) is 39.3 Å². The molecular formula is C24H28N4O5. The smallest absolute Gasteiger partial charge is 0.408 e. The Hall–Kier alpha value is -4.06. The van der Waals surface area contributed by atoms with E-state index >= 15 is 0 Å². The van der Waals surface area contributed by atoms with Gasteiger partial charge in [-0.05, 0) is 57.0 Å². The van der Waals surface area contributed by atoms with Crippen LogP contribution in [0.4, 0.5) is 10.5 Å². The maximum atomic E-state index is 13.3. The molecule has 174 valence electrons. The normalized spacial score (nSPS) is 11.6. The first-order valence-corrected chi connectivity index (χ1v) is 10.3. The van der Waals surface area contributed by atoms with Gasteiger partial charge < -0.3 is 25.4 Å². The second kappa shape index (κ2) is 11.0. The molecule has 3 N–H and O–H groups in total. The standard InChI is InChI=1S/C24H28N4O5/c1-16-8-5-6-11-19(16)27-22(31)21(17-9-7-10-18(29)14-17)28(13-12-25)20(30)15-26-23(32)33-24(2,3)4/h5-11,14,21,29H,13,15H2,1-4H3,(H,26,32)(H,27,31). The summed E-state index contributed by atoms with van der Waals surface area (Å²) in [6, 6.07) is 13.7. The summed E-state index contributed by atoms with van der Waals surface area (Å²) >= 11 is 0. The molecule has 1 unspecified atom stereocenters. The molecule has 2 aromatic carbocycles. The molecule has 9 nitrogen and oxygen atoms in total. The van der Waals surface area contributed by atoms with Crippen molar-refractivity contribution in [3.8, 4) is 11.8 Å². The summed E-state index contributed by atoms with van der Waals surface area (Å²) in [4.78, 5) is 39.3. The van der Waals surface area contributed by atoms with Crippen molar-refractivity contribution in [2.24, 2.45) is 0 Å². The van der Waals surface area contributed by atoms with E-state index in [1.54, 1.807) is 39.0 Å². The van der Waals surface area contributed by atoms with Crippen LogP contribution in [0.3, 0.4) is 0 Å². The fourth-order valence-electron chi connectivity index (χ4n) is 3.05. The predicted molar refractivity (Wildman–Crippen MR) is 122 cm³/mol. The van der Waals surface area contributed by atoms with Crippen molar-refractivity contribution in [1.29, 1.82) is 5.26 Å². The van der Waals surface area contributed by atoms with Gasteiger partial charge >= 0.3 is 6.09 Å². The molecule has 0 aromatic heterocycles. The number of phenolic OH excluding ortho intramolecular Hbond substituents is 1. The maximum Gasteiger partial charge on any atom is 0.408 e. The largest absolute Gasteiger partial charge is 0.508 e. The Morgan fingerprint density at radius 3 is 2.45 bits per heavy atom. The molecule has 0 saturated carbocycles. The lowest BCUT2D eigenvalue weighted by Gasteiger charge is -2.30. The average molecular weight is 453 g/mol. The number of aromatic hydroxyl groups is 1. The number of hydrogen-bond acceptors (Lipinski definition) is 6. The van der Waals surface area contributed by atoms with E-state index in [1.807, 2.05) is 25.1 Å². The van der Waals surface area contributed by atoms with Crippen molar-refractivity contribution in [3.63, 3.8) is 0 Å². The van der Waals surface area contributed by atoms with Gasteiger partial charge in [-0.15, -0.1) is 0 Å². The zero-order chi connectivity index (χ0) is 24.6. The highest BCUT2D eigenvalue weighted by Crippen LogP contribution is 2.26. The van der Waals surface area contributed by atoms with Crippen LogP contribution in [0.2, 0.25) is 0 Å². The van der Waals surface area contributed by atoms with Crippen LogP contribution in [0.5, 0.6) is 5.75 Å². The van der Waals surface area contributed by atoms with Gasteiger partial charge in [0.1, 0.15) is 30.5 Å². The van der Waals surface area contributed by atoms with E-state index < -0.39 is 42.6 Å². The van der Waals surface area contributed by atoms with E-state index in [9.17, 15) is 24.8 Å². The molecule has 0 aliphatic carbocycles. The van der Waals surface area contributed by atoms with Crippen LogP contribution in [-0.2, 0) is 14.3 Å². The van der Waals surface area contributed by atoms with E-state index in [-0.39, 0.29) is 5.75 Å². The third kappa shape index (κ3) is 7.54. The quantitative estimate of drug-likeness (QED) is 0.553. The van der Waals surface area contributed by atoms with Gasteiger partial charge in [-0.2, -0.15) is 5.26 Å². The summed E-state index contributed by atoms with van der Waals surface area (Å²) in [6.45, 7) is 5.97. The Bertz CT molecular complexity index is 1060. The molecule has 0 spiro atoms. The number of benzene rings is 2. The molecule has 9 heteroatoms. The summed E-state index contributed by atoms with van der Waals surface area (Å²) < 4.78 is 5.13. The minimum absolute atomic E-state index is 0.0996. The Morgan fingerprint density at radius 1 is 1.15 bits per heavy atom. The Morgan fingerprint density at radius 2 is 1.85 bits per heavy atom. The maximum absolute atomic E-state index is 13.3. The number of alkyl carbamates (subject to hydrolysis) is 1. The number of para-hydroxylation sites is 1. The molecule has 0 saturated heterocycles. The third-order valence-electron chi connectivity index (χ3n) is 4.49. The molecule has 1 atom stereocenters. The molecule has 0 bridgehead atoms. The van der Waals surface area contributed by atoms with Crippen molar-refractivity contribution >= 4 is 23.6 Å². The zero-order valence-electron chi connectivity index (χ0n) is 19.1. The molecule has 0 fully saturated rings. The molecule has 33 heavy (non-hydrogen) atoms. The Balaban J connectivity index is 2.34. The number of ether oxygens (including phenoxy) is 1. The zero-order valence-corrected chi connectivity index (χ0v) is 19.1. The predicted octanol–water partition coefficient (Wildman–Crippen LogP) is 3.26. The van der Waals surface area contributed by atoms with Gasteiger partial charge in [0.2, 0.25) is 5.91 Å². The summed E-state index contributed by atoms with van der Waals surface area (Å²) in [6.07, 6.45) is -0.800. The number of rotatable bonds is 7. The number of nitrogens with one attached hydrogen (secondary N) is 2. The topological polar surface area (TPSA) is 132 Å². The van der Waals surface area contributed by atoms with Crippen molar-refractivity contribution < 1.29 is 24.2 Å². The highest BCUT2D eigenvalue weighted by atomic mass is 16.6. The number of anilines is 1. The van der Waals surface area contributed by atoms with Crippen LogP contribution in [0, 0.1) is 18.3 Å². The van der Waals surface area contributed by atoms with Gasteiger partial charge in [-0.3, -0.25) is 9.59 Å². The minimum Gasteiger partial charge on any atom is -0.508 e. The lowest BCUT2D eigenvalue weighted by molar-refractivity contribution is -0.137. The molecular weight excluding hydrogens is 424 g/mol. The number of nitriles is 1. The van der Waals surface area contributed by atoms with Crippen LogP contribution < -0.4 is 10.6 Å². The molecule has 2 rings (SSSR count). The van der Waals surface area contributed by atoms with Crippen LogP contribution in [0.15, 0.2) is 48.5 Å². The van der Waals surface area contributed by atoms with Crippen LogP contribution in [0.25, 0.3) is 0 Å². The molecule has 3 amide bonds. The Kier molecular flexibility index (Phi) is 8.40. The summed E-state index contributed by atoms with van der Waals surface area (Å²) in [5.74, 6) is -1.34. The first kappa shape index (κ1) is 25.2. The highest BCUT2D eigenvalue weighted by molar-refractivity contribution is 5.99. The highest BCUT2D eigenvalue weighted by Gasteiger charge is 2.32. The molecule has 0 radical (unpaired) electrons. The van der Waals surface area contributed by atoms with E-state index in [0.717, 1.165) is 10.5 Å². The lowest BCUT2D eigenvalue weighted by atomic mass is 10.0. The minimum atomic E-state index is -1.23. The van der Waals surface area contributed by atoms with Gasteiger partial charge in [0.05, 0.1) is 6.07 Å². The van der Waals surface area contributed by atoms with E-state index in [4.69, 9.17) is 4.74 Å². The fourth-order valence-corrected chi connectivity index (χ4v) is 3.05. The van der Waals surface area contributed by atoms with Gasteiger partial charge in [-0.1, -0.05) is 30.3 Å². The van der Waals surface area contributed by atoms with Gasteiger partial charge in [0.25, 0.3) is 5.91 Å². The fraction of sp³-hybridized carbons (Fsp3) is 0.333. The number of carbonyl (C=O) groups is 3. The SMILES string of the molecule is Cc1ccccc1NC(=O)C(c1cccc(O)c1)N(CC#N)C(=O)CNC(=O)OC(C)(C)C. The number of carbonyl (C=O) groups excluding carboxylic acids is 3. The number of phenols is 1. The van der Waals surface area contributed by atoms with E-state index in [1.165, 1.54) is 18.2 Å². The Labute approximate surface area is 193 Å². The first-order valence-electron chi connectivity index (χ1n) is 10.3. The second-order valence-electron chi connectivity index (χ2n) is 8.34. The summed E-state index contributed by atoms with van der Waals surface area (Å²) in [5.41, 5.74) is 0.910. The van der Waals surface area contributed by atoms with Crippen molar-refractivity contribution in [3.05, 3.63) is 59.7 Å². The van der Waals surface area contributed by atoms with Crippen molar-refractivity contribution in [1.82, 2.24) is 10.2 Å². The van der Waals surface area contributed by atoms with E-state index in [0.29, 0.717) is 11.3 Å². The summed E-state index contributed by atoms with van der Waals surface area (Å²) in [5, 5.41) is 24.4. The number of nitrogens with zero attached hydrogens (tertiary/aromatic N) is 2. The van der Waals surface area contributed by atoms with Crippen LogP contribution in [-0.4, -0.2) is 46.6 Å². The van der Waals surface area contributed by atoms with E-state index in [2.05, 4.69) is 10.6 Å². The van der Waals surface area contributed by atoms with Gasteiger partial charge in [0, 0.05) is 5.69 Å². The monoisotopic (exact) mass is 452 g/mol. The molecule has 2 aromatic rings. The number of hydrogen-bond donors (Lipinski definition) is 3. The summed E-state index contributed by atoms with van der Waals surface area (Å²) in [7, 11) is 0. The van der Waals surface area contributed by atoms with Crippen molar-refractivity contribution in [2.75, 3.05) is 18.4 Å². The van der Waals surface area contributed by atoms with Crippen LogP contribution in [0.1, 0.15) is 37.9 Å². The first-order chi connectivity index (χ1) is 15.5. The number of amides is 3.